The molecular formula is C11H13F3N2O2S. The molecule has 1 aromatic carbocycles. The lowest BCUT2D eigenvalue weighted by molar-refractivity contribution is -0.137. The topological polar surface area (TPSA) is 49.4 Å². The molecule has 1 saturated heterocycles. The monoisotopic (exact) mass is 294 g/mol. The summed E-state index contributed by atoms with van der Waals surface area (Å²) in [4.78, 5) is 0. The molecule has 1 aliphatic rings. The number of hydrogen-bond donors (Lipinski definition) is 1. The van der Waals surface area contributed by atoms with Crippen LogP contribution in [0.1, 0.15) is 5.56 Å². The molecule has 1 heterocycles. The van der Waals surface area contributed by atoms with Gasteiger partial charge in [0.2, 0.25) is 10.0 Å². The van der Waals surface area contributed by atoms with Gasteiger partial charge in [0.1, 0.15) is 0 Å². The number of halogens is 3. The number of alkyl halides is 3. The van der Waals surface area contributed by atoms with Gasteiger partial charge in [0.05, 0.1) is 17.0 Å². The smallest absolute Gasteiger partial charge is 0.314 e. The third-order valence-corrected chi connectivity index (χ3v) is 4.61. The van der Waals surface area contributed by atoms with Crippen molar-refractivity contribution in [2.75, 3.05) is 29.7 Å². The van der Waals surface area contributed by atoms with E-state index in [2.05, 4.69) is 5.32 Å². The van der Waals surface area contributed by atoms with Crippen LogP contribution in [0.15, 0.2) is 24.3 Å². The molecule has 0 unspecified atom stereocenters. The lowest BCUT2D eigenvalue weighted by Crippen LogP contribution is -2.33. The van der Waals surface area contributed by atoms with Gasteiger partial charge in [-0.2, -0.15) is 13.2 Å². The summed E-state index contributed by atoms with van der Waals surface area (Å²) in [6.07, 6.45) is -4.48. The average Bonchev–Trinajstić information content (AvgIpc) is 2.49. The third kappa shape index (κ3) is 3.19. The minimum Gasteiger partial charge on any atom is -0.314 e. The van der Waals surface area contributed by atoms with Crippen molar-refractivity contribution in [3.8, 4) is 0 Å². The molecule has 0 bridgehead atoms. The van der Waals surface area contributed by atoms with Crippen LogP contribution in [0.25, 0.3) is 0 Å². The first-order valence-corrected chi connectivity index (χ1v) is 7.30. The highest BCUT2D eigenvalue weighted by Gasteiger charge is 2.32. The summed E-state index contributed by atoms with van der Waals surface area (Å²) in [7, 11) is -3.57. The highest BCUT2D eigenvalue weighted by Crippen LogP contribution is 2.32. The van der Waals surface area contributed by atoms with Gasteiger partial charge in [-0.15, -0.1) is 0 Å². The first-order valence-electron chi connectivity index (χ1n) is 5.69. The van der Waals surface area contributed by atoms with E-state index in [9.17, 15) is 21.6 Å². The maximum atomic E-state index is 12.6. The molecule has 1 aliphatic heterocycles. The third-order valence-electron chi connectivity index (χ3n) is 2.83. The van der Waals surface area contributed by atoms with Gasteiger partial charge in [0.15, 0.2) is 0 Å². The fourth-order valence-electron chi connectivity index (χ4n) is 1.88. The summed E-state index contributed by atoms with van der Waals surface area (Å²) in [5.74, 6) is -0.122. The van der Waals surface area contributed by atoms with Gasteiger partial charge in [-0.05, 0) is 18.2 Å². The molecule has 0 aromatic heterocycles. The van der Waals surface area contributed by atoms with E-state index in [0.717, 1.165) is 16.4 Å². The second-order valence-corrected chi connectivity index (χ2v) is 6.20. The maximum absolute atomic E-state index is 12.6. The van der Waals surface area contributed by atoms with Gasteiger partial charge in [-0.3, -0.25) is 4.31 Å². The van der Waals surface area contributed by atoms with Crippen LogP contribution in [0.3, 0.4) is 0 Å². The van der Waals surface area contributed by atoms with Gasteiger partial charge in [-0.1, -0.05) is 6.07 Å². The van der Waals surface area contributed by atoms with E-state index in [4.69, 9.17) is 0 Å². The van der Waals surface area contributed by atoms with E-state index in [1.165, 1.54) is 12.1 Å². The van der Waals surface area contributed by atoms with Gasteiger partial charge >= 0.3 is 6.18 Å². The number of hydrogen-bond acceptors (Lipinski definition) is 3. The Labute approximate surface area is 109 Å². The Hall–Kier alpha value is -1.28. The molecule has 0 saturated carbocycles. The largest absolute Gasteiger partial charge is 0.416 e. The van der Waals surface area contributed by atoms with Crippen molar-refractivity contribution in [3.63, 3.8) is 0 Å². The number of benzene rings is 1. The average molecular weight is 294 g/mol. The lowest BCUT2D eigenvalue weighted by atomic mass is 10.2. The molecule has 1 N–H and O–H groups in total. The van der Waals surface area contributed by atoms with E-state index >= 15 is 0 Å². The summed E-state index contributed by atoms with van der Waals surface area (Å²) in [6, 6.07) is 4.37. The molecule has 0 radical (unpaired) electrons. The van der Waals surface area contributed by atoms with Crippen molar-refractivity contribution in [1.29, 1.82) is 0 Å². The molecule has 4 nitrogen and oxygen atoms in total. The van der Waals surface area contributed by atoms with Gasteiger partial charge < -0.3 is 5.32 Å². The minimum absolute atomic E-state index is 0.0542. The first kappa shape index (κ1) is 14.1. The zero-order valence-corrected chi connectivity index (χ0v) is 10.8. The van der Waals surface area contributed by atoms with Crippen LogP contribution in [0.4, 0.5) is 18.9 Å². The number of anilines is 1. The molecule has 0 amide bonds. The zero-order valence-electron chi connectivity index (χ0n) is 9.94. The van der Waals surface area contributed by atoms with E-state index in [-0.39, 0.29) is 18.0 Å². The van der Waals surface area contributed by atoms with Crippen LogP contribution < -0.4 is 9.62 Å². The minimum atomic E-state index is -4.48. The number of rotatable bonds is 1. The van der Waals surface area contributed by atoms with Crippen LogP contribution in [0, 0.1) is 0 Å². The van der Waals surface area contributed by atoms with Crippen LogP contribution in [0.5, 0.6) is 0 Å². The standard InChI is InChI=1S/C11H13F3N2O2S/c12-11(13,14)9-2-1-3-10(8-9)16-6-4-15-5-7-19(16,17)18/h1-3,8,15H,4-7H2. The van der Waals surface area contributed by atoms with E-state index in [0.29, 0.717) is 13.1 Å². The van der Waals surface area contributed by atoms with Crippen molar-refractivity contribution < 1.29 is 21.6 Å². The molecule has 2 rings (SSSR count). The van der Waals surface area contributed by atoms with Crippen molar-refractivity contribution in [1.82, 2.24) is 5.32 Å². The molecule has 1 fully saturated rings. The Morgan fingerprint density at radius 3 is 2.63 bits per heavy atom. The Bertz CT molecular complexity index is 557. The van der Waals surface area contributed by atoms with E-state index < -0.39 is 21.8 Å². The van der Waals surface area contributed by atoms with Crippen molar-refractivity contribution in [3.05, 3.63) is 29.8 Å². The second-order valence-electron chi connectivity index (χ2n) is 4.19. The van der Waals surface area contributed by atoms with E-state index in [1.54, 1.807) is 0 Å². The molecular weight excluding hydrogens is 281 g/mol. The highest BCUT2D eigenvalue weighted by atomic mass is 32.2. The predicted molar refractivity (Wildman–Crippen MR) is 65.4 cm³/mol. The van der Waals surface area contributed by atoms with E-state index in [1.807, 2.05) is 0 Å². The highest BCUT2D eigenvalue weighted by molar-refractivity contribution is 7.92. The van der Waals surface area contributed by atoms with Crippen molar-refractivity contribution in [2.24, 2.45) is 0 Å². The van der Waals surface area contributed by atoms with Crippen molar-refractivity contribution >= 4 is 15.7 Å². The van der Waals surface area contributed by atoms with Gasteiger partial charge in [0, 0.05) is 19.6 Å². The SMILES string of the molecule is O=S1(=O)CCNCCN1c1cccc(C(F)(F)F)c1. The Kier molecular flexibility index (Phi) is 3.73. The summed E-state index contributed by atoms with van der Waals surface area (Å²) in [5, 5.41) is 2.90. The molecule has 19 heavy (non-hydrogen) atoms. The normalized spacial score (nSPS) is 20.1. The quantitative estimate of drug-likeness (QED) is 0.853. The predicted octanol–water partition coefficient (Wildman–Crippen LogP) is 1.44. The summed E-state index contributed by atoms with van der Waals surface area (Å²) < 4.78 is 62.8. The number of nitrogens with zero attached hydrogens (tertiary/aromatic N) is 1. The Balaban J connectivity index is 2.40. The molecule has 0 spiro atoms. The number of sulfonamides is 1. The van der Waals surface area contributed by atoms with Crippen molar-refractivity contribution in [2.45, 2.75) is 6.18 Å². The summed E-state index contributed by atoms with van der Waals surface area (Å²) in [6.45, 7) is 0.844. The van der Waals surface area contributed by atoms with Crippen LogP contribution >= 0.6 is 0 Å². The molecule has 0 atom stereocenters. The molecule has 0 aliphatic carbocycles. The molecule has 1 aromatic rings. The first-order chi connectivity index (χ1) is 8.81. The fraction of sp³-hybridized carbons (Fsp3) is 0.455. The summed E-state index contributed by atoms with van der Waals surface area (Å²) in [5.41, 5.74) is -0.795. The van der Waals surface area contributed by atoms with Gasteiger partial charge in [0.25, 0.3) is 0 Å². The molecule has 8 heteroatoms. The Morgan fingerprint density at radius 2 is 1.95 bits per heavy atom. The fourth-order valence-corrected chi connectivity index (χ4v) is 3.31. The number of nitrogens with one attached hydrogen (secondary N) is 1. The summed E-state index contributed by atoms with van der Waals surface area (Å²) >= 11 is 0. The maximum Gasteiger partial charge on any atom is 0.416 e. The molecule has 106 valence electrons. The van der Waals surface area contributed by atoms with Crippen LogP contribution in [-0.4, -0.2) is 33.8 Å². The van der Waals surface area contributed by atoms with Crippen LogP contribution in [-0.2, 0) is 16.2 Å². The second kappa shape index (κ2) is 5.01. The Morgan fingerprint density at radius 1 is 1.21 bits per heavy atom. The zero-order chi connectivity index (χ0) is 14.1. The lowest BCUT2D eigenvalue weighted by Gasteiger charge is -2.22. The van der Waals surface area contributed by atoms with Gasteiger partial charge in [-0.25, -0.2) is 8.42 Å². The van der Waals surface area contributed by atoms with Crippen LogP contribution in [0.2, 0.25) is 0 Å².